The molecule has 0 radical (unpaired) electrons. The van der Waals surface area contributed by atoms with Crippen LogP contribution in [0.4, 0.5) is 13.6 Å². The molecular weight excluding hydrogens is 360 g/mol. The molecule has 0 aromatic heterocycles. The predicted molar refractivity (Wildman–Crippen MR) is 107 cm³/mol. The topological polar surface area (TPSA) is 26.8 Å². The van der Waals surface area contributed by atoms with Gasteiger partial charge in [0.15, 0.2) is 5.67 Å². The van der Waals surface area contributed by atoms with E-state index in [0.29, 0.717) is 13.0 Å². The lowest BCUT2D eigenvalue weighted by Gasteiger charge is -2.49. The van der Waals surface area contributed by atoms with E-state index in [1.807, 2.05) is 14.1 Å². The molecule has 150 valence electrons. The van der Waals surface area contributed by atoms with Crippen LogP contribution in [0.5, 0.6) is 0 Å². The smallest absolute Gasteiger partial charge is 0.318 e. The van der Waals surface area contributed by atoms with Gasteiger partial charge in [0.05, 0.1) is 19.1 Å². The van der Waals surface area contributed by atoms with Gasteiger partial charge < -0.3 is 14.7 Å². The van der Waals surface area contributed by atoms with Crippen molar-refractivity contribution in [1.82, 2.24) is 14.7 Å². The number of nitrogens with zero attached hydrogens (tertiary/aromatic N) is 3. The Hall–Kier alpha value is -2.47. The zero-order valence-corrected chi connectivity index (χ0v) is 16.5. The second-order valence-electron chi connectivity index (χ2n) is 7.81. The number of rotatable bonds is 5. The van der Waals surface area contributed by atoms with Gasteiger partial charge in [0.1, 0.15) is 5.82 Å². The van der Waals surface area contributed by atoms with Crippen molar-refractivity contribution in [2.45, 2.75) is 18.1 Å². The molecule has 28 heavy (non-hydrogen) atoms. The minimum atomic E-state index is -1.37. The number of hydrogen-bond donors (Lipinski definition) is 0. The normalized spacial score (nSPS) is 21.5. The molecule has 0 saturated carbocycles. The lowest BCUT2D eigenvalue weighted by atomic mass is 9.87. The summed E-state index contributed by atoms with van der Waals surface area (Å²) in [7, 11) is 3.64. The van der Waals surface area contributed by atoms with Crippen LogP contribution in [0, 0.1) is 5.82 Å². The number of benzene rings is 1. The highest BCUT2D eigenvalue weighted by Gasteiger charge is 2.48. The number of likely N-dealkylation sites (tertiary alicyclic amines) is 1. The minimum absolute atomic E-state index is 0.0815. The zero-order valence-electron chi connectivity index (χ0n) is 16.5. The Kier molecular flexibility index (Phi) is 5.70. The van der Waals surface area contributed by atoms with E-state index in [4.69, 9.17) is 0 Å². The molecule has 2 amide bonds. The molecule has 1 fully saturated rings. The molecule has 1 aromatic rings. The van der Waals surface area contributed by atoms with Crippen LogP contribution in [0.2, 0.25) is 0 Å². The maximum absolute atomic E-state index is 14.7. The van der Waals surface area contributed by atoms with E-state index in [1.165, 1.54) is 12.1 Å². The maximum atomic E-state index is 14.7. The Balaban J connectivity index is 1.88. The molecule has 2 aliphatic heterocycles. The summed E-state index contributed by atoms with van der Waals surface area (Å²) < 4.78 is 28.2. The Morgan fingerprint density at radius 1 is 1.25 bits per heavy atom. The van der Waals surface area contributed by atoms with Crippen molar-refractivity contribution in [3.63, 3.8) is 0 Å². The van der Waals surface area contributed by atoms with Crippen molar-refractivity contribution in [1.29, 1.82) is 0 Å². The molecule has 1 aromatic carbocycles. The summed E-state index contributed by atoms with van der Waals surface area (Å²) in [5, 5.41) is 0. The zero-order chi connectivity index (χ0) is 20.5. The average molecular weight is 387 g/mol. The van der Waals surface area contributed by atoms with E-state index in [-0.39, 0.29) is 31.5 Å². The molecule has 1 atom stereocenters. The average Bonchev–Trinajstić information content (AvgIpc) is 2.64. The molecule has 4 nitrogen and oxygen atoms in total. The van der Waals surface area contributed by atoms with Gasteiger partial charge in [-0.15, -0.1) is 0 Å². The molecule has 2 aliphatic rings. The Labute approximate surface area is 165 Å². The number of urea groups is 1. The van der Waals surface area contributed by atoms with Crippen molar-refractivity contribution in [3.05, 3.63) is 72.1 Å². The van der Waals surface area contributed by atoms with Crippen LogP contribution in [-0.2, 0) is 0 Å². The van der Waals surface area contributed by atoms with Gasteiger partial charge in [0.2, 0.25) is 0 Å². The number of halogens is 2. The molecule has 0 aliphatic carbocycles. The van der Waals surface area contributed by atoms with Gasteiger partial charge in [0, 0.05) is 13.1 Å². The van der Waals surface area contributed by atoms with Gasteiger partial charge in [-0.3, -0.25) is 0 Å². The van der Waals surface area contributed by atoms with Crippen LogP contribution in [0.3, 0.4) is 0 Å². The van der Waals surface area contributed by atoms with Crippen LogP contribution in [-0.4, -0.2) is 66.7 Å². The first kappa shape index (κ1) is 20.3. The maximum Gasteiger partial charge on any atom is 0.321 e. The first-order chi connectivity index (χ1) is 13.3. The number of amides is 2. The standard InChI is InChI=1S/C22H27F2N3O/c1-5-16-11-12-27(21(28)26-14-22(24,15-26)13-25(3)4)20(19(16)6-2)17-7-9-18(23)10-8-17/h5-10,20H,1-2,11-15H2,3-4H3/t20-/m0/s1. The number of alkyl halides is 1. The third kappa shape index (κ3) is 3.87. The van der Waals surface area contributed by atoms with Gasteiger partial charge in [-0.05, 0) is 49.4 Å². The van der Waals surface area contributed by atoms with E-state index in [0.717, 1.165) is 16.7 Å². The number of carbonyl (C=O) groups is 1. The molecule has 0 N–H and O–H groups in total. The van der Waals surface area contributed by atoms with Crippen molar-refractivity contribution in [2.24, 2.45) is 0 Å². The molecular formula is C22H27F2N3O. The number of hydrogen-bond acceptors (Lipinski definition) is 2. The SMILES string of the molecule is C=CC1=C(C=C)[C@H](c2ccc(F)cc2)N(C(=O)N2CC(F)(CN(C)C)C2)CC1. The first-order valence-corrected chi connectivity index (χ1v) is 9.40. The largest absolute Gasteiger partial charge is 0.321 e. The monoisotopic (exact) mass is 387 g/mol. The van der Waals surface area contributed by atoms with Crippen LogP contribution in [0.25, 0.3) is 0 Å². The van der Waals surface area contributed by atoms with Crippen LogP contribution in [0.15, 0.2) is 60.7 Å². The van der Waals surface area contributed by atoms with Crippen LogP contribution in [0.1, 0.15) is 18.0 Å². The van der Waals surface area contributed by atoms with E-state index < -0.39 is 11.7 Å². The van der Waals surface area contributed by atoms with Gasteiger partial charge in [-0.1, -0.05) is 37.4 Å². The van der Waals surface area contributed by atoms with Gasteiger partial charge in [0.25, 0.3) is 0 Å². The molecule has 0 bridgehead atoms. The van der Waals surface area contributed by atoms with Crippen molar-refractivity contribution >= 4 is 6.03 Å². The quantitative estimate of drug-likeness (QED) is 0.765. The molecule has 1 saturated heterocycles. The second kappa shape index (κ2) is 7.87. The Bertz CT molecular complexity index is 795. The molecule has 6 heteroatoms. The van der Waals surface area contributed by atoms with E-state index in [1.54, 1.807) is 39.0 Å². The first-order valence-electron chi connectivity index (χ1n) is 9.40. The number of carbonyl (C=O) groups excluding carboxylic acids is 1. The lowest BCUT2D eigenvalue weighted by Crippen LogP contribution is -2.67. The predicted octanol–water partition coefficient (Wildman–Crippen LogP) is 3.95. The highest BCUT2D eigenvalue weighted by Crippen LogP contribution is 2.39. The summed E-state index contributed by atoms with van der Waals surface area (Å²) >= 11 is 0. The van der Waals surface area contributed by atoms with Crippen LogP contribution < -0.4 is 0 Å². The third-order valence-corrected chi connectivity index (χ3v) is 5.32. The van der Waals surface area contributed by atoms with Crippen molar-refractivity contribution in [2.75, 3.05) is 40.3 Å². The summed E-state index contributed by atoms with van der Waals surface area (Å²) in [5.74, 6) is -0.334. The van der Waals surface area contributed by atoms with Gasteiger partial charge in [-0.25, -0.2) is 13.6 Å². The summed E-state index contributed by atoms with van der Waals surface area (Å²) in [6.45, 7) is 8.72. The third-order valence-electron chi connectivity index (χ3n) is 5.32. The fraction of sp³-hybridized carbons (Fsp3) is 0.409. The molecule has 2 heterocycles. The summed E-state index contributed by atoms with van der Waals surface area (Å²) in [6, 6.07) is 5.52. The molecule has 0 unspecified atom stereocenters. The summed E-state index contributed by atoms with van der Waals surface area (Å²) in [4.78, 5) is 18.2. The van der Waals surface area contributed by atoms with E-state index in [9.17, 15) is 13.6 Å². The molecule has 0 spiro atoms. The number of allylic oxidation sites excluding steroid dienone is 1. The van der Waals surface area contributed by atoms with E-state index in [2.05, 4.69) is 13.2 Å². The second-order valence-corrected chi connectivity index (χ2v) is 7.81. The minimum Gasteiger partial charge on any atom is -0.318 e. The van der Waals surface area contributed by atoms with Gasteiger partial charge in [-0.2, -0.15) is 0 Å². The van der Waals surface area contributed by atoms with Crippen molar-refractivity contribution < 1.29 is 13.6 Å². The fourth-order valence-electron chi connectivity index (χ4n) is 4.15. The highest BCUT2D eigenvalue weighted by atomic mass is 19.1. The lowest BCUT2D eigenvalue weighted by molar-refractivity contribution is -0.0320. The summed E-state index contributed by atoms with van der Waals surface area (Å²) in [6.07, 6.45) is 4.16. The Morgan fingerprint density at radius 2 is 1.89 bits per heavy atom. The van der Waals surface area contributed by atoms with E-state index >= 15 is 0 Å². The fourth-order valence-corrected chi connectivity index (χ4v) is 4.15. The highest BCUT2D eigenvalue weighted by molar-refractivity contribution is 5.77. The van der Waals surface area contributed by atoms with Crippen molar-refractivity contribution in [3.8, 4) is 0 Å². The Morgan fingerprint density at radius 3 is 2.43 bits per heavy atom. The van der Waals surface area contributed by atoms with Gasteiger partial charge >= 0.3 is 6.03 Å². The molecule has 3 rings (SSSR count). The van der Waals surface area contributed by atoms with Crippen LogP contribution >= 0.6 is 0 Å². The summed E-state index contributed by atoms with van der Waals surface area (Å²) in [5.41, 5.74) is 1.32.